The molecule has 0 saturated carbocycles. The van der Waals surface area contributed by atoms with Crippen molar-refractivity contribution in [1.82, 2.24) is 14.5 Å². The molecular formula is C21H21BrN4O3S. The van der Waals surface area contributed by atoms with Crippen LogP contribution in [0.3, 0.4) is 0 Å². The second-order valence-corrected chi connectivity index (χ2v) is 9.76. The summed E-state index contributed by atoms with van der Waals surface area (Å²) in [5.74, 6) is 0.602. The zero-order valence-electron chi connectivity index (χ0n) is 16.4. The first-order valence-electron chi connectivity index (χ1n) is 9.49. The van der Waals surface area contributed by atoms with Gasteiger partial charge in [0.1, 0.15) is 0 Å². The molecule has 1 N–H and O–H groups in total. The number of halogens is 1. The molecule has 7 nitrogen and oxygen atoms in total. The number of ether oxygens (including phenoxy) is 1. The fraction of sp³-hybridized carbons (Fsp3) is 0.238. The van der Waals surface area contributed by atoms with Crippen molar-refractivity contribution in [2.45, 2.75) is 11.8 Å². The van der Waals surface area contributed by atoms with Crippen LogP contribution in [-0.2, 0) is 14.8 Å². The highest BCUT2D eigenvalue weighted by Crippen LogP contribution is 2.27. The molecule has 0 aliphatic carbocycles. The summed E-state index contributed by atoms with van der Waals surface area (Å²) < 4.78 is 33.9. The minimum atomic E-state index is -3.59. The third-order valence-electron chi connectivity index (χ3n) is 4.83. The monoisotopic (exact) mass is 488 g/mol. The van der Waals surface area contributed by atoms with Crippen LogP contribution in [0.1, 0.15) is 5.56 Å². The number of sulfonamides is 1. The number of hydrogen-bond donors (Lipinski definition) is 1. The molecule has 30 heavy (non-hydrogen) atoms. The molecule has 1 aliphatic heterocycles. The van der Waals surface area contributed by atoms with Gasteiger partial charge in [0.05, 0.1) is 23.8 Å². The third-order valence-corrected chi connectivity index (χ3v) is 7.37. The zero-order chi connectivity index (χ0) is 21.1. The molecule has 0 bridgehead atoms. The topological polar surface area (TPSA) is 84.4 Å². The van der Waals surface area contributed by atoms with Crippen molar-refractivity contribution in [3.05, 3.63) is 64.6 Å². The molecule has 0 amide bonds. The first-order chi connectivity index (χ1) is 14.4. The molecular weight excluding hydrogens is 468 g/mol. The third kappa shape index (κ3) is 4.54. The average molecular weight is 489 g/mol. The van der Waals surface area contributed by atoms with Crippen LogP contribution < -0.4 is 5.32 Å². The molecule has 1 fully saturated rings. The predicted octanol–water partition coefficient (Wildman–Crippen LogP) is 3.98. The largest absolute Gasteiger partial charge is 0.379 e. The first kappa shape index (κ1) is 20.9. The Kier molecular flexibility index (Phi) is 6.14. The quantitative estimate of drug-likeness (QED) is 0.584. The fourth-order valence-corrected chi connectivity index (χ4v) is 5.29. The number of nitrogens with zero attached hydrogens (tertiary/aromatic N) is 3. The van der Waals surface area contributed by atoms with E-state index in [0.29, 0.717) is 53.8 Å². The van der Waals surface area contributed by atoms with Gasteiger partial charge in [0.25, 0.3) is 0 Å². The van der Waals surface area contributed by atoms with E-state index in [1.165, 1.54) is 4.31 Å². The van der Waals surface area contributed by atoms with Gasteiger partial charge in [0.15, 0.2) is 5.82 Å². The Morgan fingerprint density at radius 2 is 1.83 bits per heavy atom. The number of hydrogen-bond acceptors (Lipinski definition) is 6. The summed E-state index contributed by atoms with van der Waals surface area (Å²) in [4.78, 5) is 0.292. The maximum atomic E-state index is 13.1. The molecule has 1 aliphatic rings. The van der Waals surface area contributed by atoms with Gasteiger partial charge in [0, 0.05) is 28.8 Å². The van der Waals surface area contributed by atoms with E-state index in [9.17, 15) is 8.42 Å². The van der Waals surface area contributed by atoms with Crippen LogP contribution in [0.5, 0.6) is 0 Å². The summed E-state index contributed by atoms with van der Waals surface area (Å²) in [7, 11) is -3.59. The van der Waals surface area contributed by atoms with Crippen molar-refractivity contribution in [1.29, 1.82) is 0 Å². The van der Waals surface area contributed by atoms with Crippen molar-refractivity contribution in [3.8, 4) is 11.3 Å². The molecule has 0 unspecified atom stereocenters. The lowest BCUT2D eigenvalue weighted by molar-refractivity contribution is 0.0730. The van der Waals surface area contributed by atoms with Crippen molar-refractivity contribution in [2.24, 2.45) is 0 Å². The van der Waals surface area contributed by atoms with Gasteiger partial charge in [-0.15, -0.1) is 10.2 Å². The van der Waals surface area contributed by atoms with Crippen LogP contribution in [-0.4, -0.2) is 49.2 Å². The Hall–Kier alpha value is -2.33. The van der Waals surface area contributed by atoms with Gasteiger partial charge >= 0.3 is 0 Å². The highest BCUT2D eigenvalue weighted by molar-refractivity contribution is 9.10. The smallest absolute Gasteiger partial charge is 0.243 e. The summed E-state index contributed by atoms with van der Waals surface area (Å²) in [5, 5.41) is 11.7. The van der Waals surface area contributed by atoms with E-state index in [2.05, 4.69) is 31.4 Å². The summed E-state index contributed by atoms with van der Waals surface area (Å²) >= 11 is 3.44. The zero-order valence-corrected chi connectivity index (χ0v) is 18.8. The average Bonchev–Trinajstić information content (AvgIpc) is 2.75. The first-order valence-corrected chi connectivity index (χ1v) is 11.7. The lowest BCUT2D eigenvalue weighted by Gasteiger charge is -2.26. The minimum Gasteiger partial charge on any atom is -0.379 e. The van der Waals surface area contributed by atoms with Gasteiger partial charge in [-0.2, -0.15) is 4.31 Å². The lowest BCUT2D eigenvalue weighted by Crippen LogP contribution is -2.40. The molecule has 9 heteroatoms. The van der Waals surface area contributed by atoms with Gasteiger partial charge < -0.3 is 10.1 Å². The molecule has 0 spiro atoms. The maximum Gasteiger partial charge on any atom is 0.243 e. The Morgan fingerprint density at radius 3 is 2.53 bits per heavy atom. The van der Waals surface area contributed by atoms with Crippen LogP contribution in [0.2, 0.25) is 0 Å². The molecule has 4 rings (SSSR count). The summed E-state index contributed by atoms with van der Waals surface area (Å²) in [6.45, 7) is 3.35. The van der Waals surface area contributed by atoms with Gasteiger partial charge in [-0.1, -0.05) is 34.1 Å². The van der Waals surface area contributed by atoms with Crippen molar-refractivity contribution in [2.75, 3.05) is 31.6 Å². The van der Waals surface area contributed by atoms with Crippen molar-refractivity contribution >= 4 is 37.5 Å². The van der Waals surface area contributed by atoms with Gasteiger partial charge in [-0.25, -0.2) is 8.42 Å². The van der Waals surface area contributed by atoms with Crippen LogP contribution in [0.15, 0.2) is 64.0 Å². The van der Waals surface area contributed by atoms with Crippen molar-refractivity contribution in [3.63, 3.8) is 0 Å². The van der Waals surface area contributed by atoms with E-state index >= 15 is 0 Å². The van der Waals surface area contributed by atoms with E-state index in [-0.39, 0.29) is 0 Å². The summed E-state index contributed by atoms with van der Waals surface area (Å²) in [6.07, 6.45) is 0. The van der Waals surface area contributed by atoms with Gasteiger partial charge in [-0.05, 0) is 48.9 Å². The number of benzene rings is 2. The van der Waals surface area contributed by atoms with E-state index < -0.39 is 10.0 Å². The Morgan fingerprint density at radius 1 is 1.03 bits per heavy atom. The fourth-order valence-electron chi connectivity index (χ4n) is 3.23. The van der Waals surface area contributed by atoms with Crippen molar-refractivity contribution < 1.29 is 13.2 Å². The number of rotatable bonds is 5. The summed E-state index contributed by atoms with van der Waals surface area (Å²) in [5.41, 5.74) is 2.90. The second-order valence-electron chi connectivity index (χ2n) is 6.94. The summed E-state index contributed by atoms with van der Waals surface area (Å²) in [6, 6.07) is 16.7. The van der Waals surface area contributed by atoms with E-state index in [1.807, 2.05) is 42.5 Å². The van der Waals surface area contributed by atoms with E-state index in [4.69, 9.17) is 4.74 Å². The predicted molar refractivity (Wildman–Crippen MR) is 119 cm³/mol. The Balaban J connectivity index is 1.59. The second kappa shape index (κ2) is 8.81. The number of nitrogens with one attached hydrogen (secondary N) is 1. The van der Waals surface area contributed by atoms with Crippen LogP contribution in [0.25, 0.3) is 11.3 Å². The molecule has 0 radical (unpaired) electrons. The molecule has 0 atom stereocenters. The molecule has 3 aromatic rings. The number of aryl methyl sites for hydroxylation is 1. The lowest BCUT2D eigenvalue weighted by atomic mass is 10.1. The van der Waals surface area contributed by atoms with E-state index in [1.54, 1.807) is 19.1 Å². The van der Waals surface area contributed by atoms with Gasteiger partial charge in [0.2, 0.25) is 10.0 Å². The maximum absolute atomic E-state index is 13.1. The SMILES string of the molecule is Cc1ccc(-c2ccc(Nc3cccc(Br)c3)nn2)cc1S(=O)(=O)N1CCOCC1. The normalized spacial score (nSPS) is 15.1. The number of morpholine rings is 1. The highest BCUT2D eigenvalue weighted by atomic mass is 79.9. The molecule has 156 valence electrons. The molecule has 1 saturated heterocycles. The Labute approximate surface area is 184 Å². The molecule has 2 heterocycles. The highest BCUT2D eigenvalue weighted by Gasteiger charge is 2.28. The molecule has 1 aromatic heterocycles. The molecule has 2 aromatic carbocycles. The van der Waals surface area contributed by atoms with Gasteiger partial charge in [-0.3, -0.25) is 0 Å². The number of aromatic nitrogens is 2. The minimum absolute atomic E-state index is 0.292. The standard InChI is InChI=1S/C21H21BrN4O3S/c1-15-5-6-16(13-20(15)30(27,28)26-9-11-29-12-10-26)19-7-8-21(25-24-19)23-18-4-2-3-17(22)14-18/h2-8,13-14H,9-12H2,1H3,(H,23,25). The van der Waals surface area contributed by atoms with Crippen LogP contribution >= 0.6 is 15.9 Å². The van der Waals surface area contributed by atoms with Crippen LogP contribution in [0.4, 0.5) is 11.5 Å². The van der Waals surface area contributed by atoms with E-state index in [0.717, 1.165) is 10.2 Å². The Bertz CT molecular complexity index is 1150. The van der Waals surface area contributed by atoms with Crippen LogP contribution in [0, 0.1) is 6.92 Å². The number of anilines is 2.